The molecular formula is C14H16FN3OS2. The largest absolute Gasteiger partial charge is 0.493 e. The first-order chi connectivity index (χ1) is 10.1. The first kappa shape index (κ1) is 15.7. The number of benzene rings is 1. The predicted octanol–water partition coefficient (Wildman–Crippen LogP) is 2.97. The van der Waals surface area contributed by atoms with Gasteiger partial charge in [0.1, 0.15) is 11.6 Å². The molecule has 2 N–H and O–H groups in total. The van der Waals surface area contributed by atoms with Crippen LogP contribution in [-0.4, -0.2) is 23.2 Å². The van der Waals surface area contributed by atoms with Crippen molar-refractivity contribution in [2.45, 2.75) is 13.3 Å². The van der Waals surface area contributed by atoms with Gasteiger partial charge >= 0.3 is 0 Å². The molecule has 0 bridgehead atoms. The quantitative estimate of drug-likeness (QED) is 0.828. The number of halogens is 1. The Hall–Kier alpha value is -1.73. The van der Waals surface area contributed by atoms with Gasteiger partial charge in [-0.1, -0.05) is 6.07 Å². The predicted molar refractivity (Wildman–Crippen MR) is 87.5 cm³/mol. The van der Waals surface area contributed by atoms with Gasteiger partial charge in [0.25, 0.3) is 0 Å². The number of aromatic nitrogens is 1. The molecule has 21 heavy (non-hydrogen) atoms. The molecule has 1 aromatic carbocycles. The van der Waals surface area contributed by atoms with Gasteiger partial charge in [0.15, 0.2) is 10.2 Å². The van der Waals surface area contributed by atoms with Crippen molar-refractivity contribution in [3.63, 3.8) is 0 Å². The van der Waals surface area contributed by atoms with Crippen LogP contribution in [0.5, 0.6) is 5.75 Å². The number of thiazole rings is 1. The number of thiocarbonyl (C=S) groups is 1. The van der Waals surface area contributed by atoms with Crippen molar-refractivity contribution < 1.29 is 9.13 Å². The molecule has 4 nitrogen and oxygen atoms in total. The van der Waals surface area contributed by atoms with Gasteiger partial charge in [-0.2, -0.15) is 0 Å². The molecule has 0 unspecified atom stereocenters. The van der Waals surface area contributed by atoms with Crippen molar-refractivity contribution in [1.29, 1.82) is 0 Å². The lowest BCUT2D eigenvalue weighted by molar-refractivity contribution is 0.334. The molecular weight excluding hydrogens is 309 g/mol. The molecule has 2 aromatic rings. The highest BCUT2D eigenvalue weighted by Crippen LogP contribution is 2.24. The smallest absolute Gasteiger partial charge is 0.191 e. The van der Waals surface area contributed by atoms with Crippen LogP contribution in [0, 0.1) is 5.82 Å². The van der Waals surface area contributed by atoms with Crippen LogP contribution in [0.4, 0.5) is 9.52 Å². The summed E-state index contributed by atoms with van der Waals surface area (Å²) >= 11 is 6.48. The summed E-state index contributed by atoms with van der Waals surface area (Å²) in [7, 11) is 0. The van der Waals surface area contributed by atoms with Crippen molar-refractivity contribution in [2.24, 2.45) is 5.73 Å². The van der Waals surface area contributed by atoms with Gasteiger partial charge in [-0.25, -0.2) is 9.37 Å². The zero-order valence-corrected chi connectivity index (χ0v) is 13.2. The highest BCUT2D eigenvalue weighted by molar-refractivity contribution is 7.80. The maximum Gasteiger partial charge on any atom is 0.191 e. The molecule has 0 fully saturated rings. The number of anilines is 1. The maximum absolute atomic E-state index is 14.0. The van der Waals surface area contributed by atoms with E-state index in [1.54, 1.807) is 23.2 Å². The van der Waals surface area contributed by atoms with Crippen molar-refractivity contribution >= 4 is 33.8 Å². The number of ether oxygens (including phenoxy) is 1. The molecule has 112 valence electrons. The van der Waals surface area contributed by atoms with Gasteiger partial charge in [0.2, 0.25) is 0 Å². The molecule has 0 aliphatic carbocycles. The fraction of sp³-hybridized carbons (Fsp3) is 0.286. The van der Waals surface area contributed by atoms with Gasteiger partial charge in [-0.3, -0.25) is 4.90 Å². The lowest BCUT2D eigenvalue weighted by atomic mass is 10.1. The third-order valence-corrected chi connectivity index (χ3v) is 3.89. The van der Waals surface area contributed by atoms with E-state index in [4.69, 9.17) is 22.7 Å². The lowest BCUT2D eigenvalue weighted by Gasteiger charge is -2.20. The lowest BCUT2D eigenvalue weighted by Crippen LogP contribution is -2.37. The molecule has 1 aromatic heterocycles. The highest BCUT2D eigenvalue weighted by Gasteiger charge is 2.15. The number of nitrogens with zero attached hydrogens (tertiary/aromatic N) is 2. The molecule has 0 aliphatic rings. The summed E-state index contributed by atoms with van der Waals surface area (Å²) in [6.45, 7) is 2.80. The van der Waals surface area contributed by atoms with E-state index < -0.39 is 0 Å². The third-order valence-electron chi connectivity index (χ3n) is 2.88. The minimum atomic E-state index is -0.289. The molecule has 0 atom stereocenters. The standard InChI is InChI=1S/C14H16FN3OS2/c1-2-19-12-5-3-4-11(15)10(12)6-8-18(13(16)20)14-17-7-9-21-14/h3-5,7,9H,2,6,8H2,1H3,(H2,16,20). The molecule has 0 amide bonds. The molecule has 7 heteroatoms. The van der Waals surface area contributed by atoms with Crippen molar-refractivity contribution in [2.75, 3.05) is 18.1 Å². The van der Waals surface area contributed by atoms with Crippen LogP contribution in [0.25, 0.3) is 0 Å². The minimum absolute atomic E-state index is 0.222. The summed E-state index contributed by atoms with van der Waals surface area (Å²) in [5.74, 6) is 0.266. The third kappa shape index (κ3) is 3.89. The van der Waals surface area contributed by atoms with E-state index in [-0.39, 0.29) is 10.9 Å². The SMILES string of the molecule is CCOc1cccc(F)c1CCN(C(N)=S)c1nccs1. The van der Waals surface area contributed by atoms with Crippen LogP contribution in [0.2, 0.25) is 0 Å². The van der Waals surface area contributed by atoms with Crippen molar-refractivity contribution in [1.82, 2.24) is 4.98 Å². The highest BCUT2D eigenvalue weighted by atomic mass is 32.1. The Bertz CT molecular complexity index is 604. The van der Waals surface area contributed by atoms with E-state index >= 15 is 0 Å². The van der Waals surface area contributed by atoms with Gasteiger partial charge in [-0.15, -0.1) is 11.3 Å². The fourth-order valence-corrected chi connectivity index (χ4v) is 2.86. The number of hydrogen-bond donors (Lipinski definition) is 1. The molecule has 0 spiro atoms. The van der Waals surface area contributed by atoms with Crippen molar-refractivity contribution in [3.05, 3.63) is 41.2 Å². The first-order valence-electron chi connectivity index (χ1n) is 6.50. The number of nitrogens with two attached hydrogens (primary N) is 1. The molecule has 2 rings (SSSR count). The van der Waals surface area contributed by atoms with Gasteiger partial charge in [-0.05, 0) is 37.7 Å². The summed E-state index contributed by atoms with van der Waals surface area (Å²) in [6.07, 6.45) is 2.11. The molecule has 0 saturated carbocycles. The Morgan fingerprint density at radius 1 is 1.52 bits per heavy atom. The van der Waals surface area contributed by atoms with E-state index in [0.717, 1.165) is 0 Å². The van der Waals surface area contributed by atoms with Crippen LogP contribution in [-0.2, 0) is 6.42 Å². The molecule has 0 saturated heterocycles. The number of hydrogen-bond acceptors (Lipinski definition) is 4. The van der Waals surface area contributed by atoms with E-state index in [0.29, 0.717) is 36.0 Å². The molecule has 1 heterocycles. The summed E-state index contributed by atoms with van der Waals surface area (Å²) in [5, 5.41) is 2.77. The zero-order valence-electron chi connectivity index (χ0n) is 11.6. The second kappa shape index (κ2) is 7.33. The zero-order chi connectivity index (χ0) is 15.2. The summed E-state index contributed by atoms with van der Waals surface area (Å²) in [6, 6.07) is 4.82. The summed E-state index contributed by atoms with van der Waals surface area (Å²) < 4.78 is 19.5. The Labute approximate surface area is 132 Å². The van der Waals surface area contributed by atoms with Crippen molar-refractivity contribution in [3.8, 4) is 5.75 Å². The van der Waals surface area contributed by atoms with Crippen LogP contribution in [0.1, 0.15) is 12.5 Å². The fourth-order valence-electron chi connectivity index (χ4n) is 1.95. The second-order valence-corrected chi connectivity index (χ2v) is 5.50. The van der Waals surface area contributed by atoms with E-state index in [1.807, 2.05) is 12.3 Å². The average molecular weight is 325 g/mol. The van der Waals surface area contributed by atoms with Crippen LogP contribution in [0.15, 0.2) is 29.8 Å². The number of rotatable bonds is 6. The first-order valence-corrected chi connectivity index (χ1v) is 7.79. The average Bonchev–Trinajstić information content (AvgIpc) is 2.95. The topological polar surface area (TPSA) is 51.4 Å². The Kier molecular flexibility index (Phi) is 5.46. The molecule has 0 radical (unpaired) electrons. The second-order valence-electron chi connectivity index (χ2n) is 4.20. The van der Waals surface area contributed by atoms with Crippen LogP contribution in [0.3, 0.4) is 0 Å². The van der Waals surface area contributed by atoms with Gasteiger partial charge in [0.05, 0.1) is 6.61 Å². The normalized spacial score (nSPS) is 10.4. The van der Waals surface area contributed by atoms with Gasteiger partial charge < -0.3 is 10.5 Å². The maximum atomic E-state index is 14.0. The van der Waals surface area contributed by atoms with Crippen LogP contribution < -0.4 is 15.4 Å². The van der Waals surface area contributed by atoms with E-state index in [2.05, 4.69) is 4.98 Å². The minimum Gasteiger partial charge on any atom is -0.493 e. The van der Waals surface area contributed by atoms with E-state index in [9.17, 15) is 4.39 Å². The Morgan fingerprint density at radius 3 is 2.95 bits per heavy atom. The van der Waals surface area contributed by atoms with E-state index in [1.165, 1.54) is 17.4 Å². The summed E-state index contributed by atoms with van der Waals surface area (Å²) in [4.78, 5) is 5.88. The summed E-state index contributed by atoms with van der Waals surface area (Å²) in [5.41, 5.74) is 6.25. The Balaban J connectivity index is 2.16. The Morgan fingerprint density at radius 2 is 2.33 bits per heavy atom. The van der Waals surface area contributed by atoms with Gasteiger partial charge in [0, 0.05) is 23.7 Å². The van der Waals surface area contributed by atoms with Crippen LogP contribution >= 0.6 is 23.6 Å². The molecule has 0 aliphatic heterocycles. The monoisotopic (exact) mass is 325 g/mol.